The van der Waals surface area contributed by atoms with Gasteiger partial charge in [-0.1, -0.05) is 12.1 Å². The molecule has 2 aromatic rings. The van der Waals surface area contributed by atoms with E-state index in [1.165, 1.54) is 11.3 Å². The van der Waals surface area contributed by atoms with Gasteiger partial charge in [-0.2, -0.15) is 0 Å². The number of hydrogen-bond donors (Lipinski definition) is 1. The molecule has 2 aliphatic rings. The van der Waals surface area contributed by atoms with Crippen molar-refractivity contribution in [1.82, 2.24) is 20.1 Å². The van der Waals surface area contributed by atoms with E-state index in [9.17, 15) is 9.59 Å². The summed E-state index contributed by atoms with van der Waals surface area (Å²) in [6.45, 7) is 2.86. The van der Waals surface area contributed by atoms with Crippen molar-refractivity contribution in [3.63, 3.8) is 0 Å². The molecule has 7 heteroatoms. The Bertz CT molecular complexity index is 815. The molecule has 0 saturated carbocycles. The molecule has 4 rings (SSSR count). The first-order valence-corrected chi connectivity index (χ1v) is 10.3. The fraction of sp³-hybridized carbons (Fsp3) is 0.450. The van der Waals surface area contributed by atoms with Gasteiger partial charge in [-0.25, -0.2) is 0 Å². The third-order valence-electron chi connectivity index (χ3n) is 5.42. The Morgan fingerprint density at radius 1 is 1.22 bits per heavy atom. The van der Waals surface area contributed by atoms with Gasteiger partial charge in [0.05, 0.1) is 16.5 Å². The monoisotopic (exact) mass is 384 g/mol. The second-order valence-corrected chi connectivity index (χ2v) is 8.30. The zero-order valence-electron chi connectivity index (χ0n) is 15.4. The van der Waals surface area contributed by atoms with E-state index in [0.29, 0.717) is 18.0 Å². The highest BCUT2D eigenvalue weighted by Crippen LogP contribution is 2.29. The highest BCUT2D eigenvalue weighted by molar-refractivity contribution is 7.12. The van der Waals surface area contributed by atoms with Gasteiger partial charge in [0, 0.05) is 25.3 Å². The van der Waals surface area contributed by atoms with Gasteiger partial charge in [0.15, 0.2) is 0 Å². The van der Waals surface area contributed by atoms with E-state index in [1.54, 1.807) is 11.1 Å². The standard InChI is InChI=1S/C20H24N4O2S/c1-23-9-6-15(7-10-23)22-19(25)16-13-24(20(26)17-5-3-11-27-17)12-14-4-2-8-21-18(14)16/h2-5,8,11,15-16H,6-7,9-10,12-13H2,1H3,(H,22,25). The molecule has 1 unspecified atom stereocenters. The van der Waals surface area contributed by atoms with Crippen LogP contribution in [0.4, 0.5) is 0 Å². The molecule has 2 aliphatic heterocycles. The molecule has 0 spiro atoms. The minimum absolute atomic E-state index is 0.0170. The normalized spacial score (nSPS) is 20.9. The van der Waals surface area contributed by atoms with E-state index < -0.39 is 5.92 Å². The van der Waals surface area contributed by atoms with Gasteiger partial charge >= 0.3 is 0 Å². The number of aromatic nitrogens is 1. The van der Waals surface area contributed by atoms with Crippen LogP contribution in [0.2, 0.25) is 0 Å². The minimum atomic E-state index is -0.418. The number of amides is 2. The van der Waals surface area contributed by atoms with Crippen molar-refractivity contribution >= 4 is 23.2 Å². The first-order chi connectivity index (χ1) is 13.1. The van der Waals surface area contributed by atoms with Crippen molar-refractivity contribution in [2.45, 2.75) is 31.3 Å². The first-order valence-electron chi connectivity index (χ1n) is 9.37. The summed E-state index contributed by atoms with van der Waals surface area (Å²) in [7, 11) is 2.10. The summed E-state index contributed by atoms with van der Waals surface area (Å²) in [4.78, 5) is 35.1. The van der Waals surface area contributed by atoms with Gasteiger partial charge in [0.25, 0.3) is 5.91 Å². The molecule has 27 heavy (non-hydrogen) atoms. The number of fused-ring (bicyclic) bond motifs is 1. The molecule has 0 bridgehead atoms. The topological polar surface area (TPSA) is 65.5 Å². The fourth-order valence-corrected chi connectivity index (χ4v) is 4.54. The third kappa shape index (κ3) is 3.89. The minimum Gasteiger partial charge on any atom is -0.353 e. The number of nitrogens with zero attached hydrogens (tertiary/aromatic N) is 3. The van der Waals surface area contributed by atoms with Gasteiger partial charge in [-0.15, -0.1) is 11.3 Å². The number of pyridine rings is 1. The lowest BCUT2D eigenvalue weighted by Gasteiger charge is -2.35. The molecule has 0 aromatic carbocycles. The molecule has 4 heterocycles. The van der Waals surface area contributed by atoms with E-state index in [1.807, 2.05) is 29.6 Å². The zero-order chi connectivity index (χ0) is 18.8. The predicted molar refractivity (Wildman–Crippen MR) is 105 cm³/mol. The second-order valence-electron chi connectivity index (χ2n) is 7.35. The van der Waals surface area contributed by atoms with Gasteiger partial charge < -0.3 is 15.1 Å². The third-order valence-corrected chi connectivity index (χ3v) is 6.28. The number of carbonyl (C=O) groups is 2. The maximum atomic E-state index is 13.1. The van der Waals surface area contributed by atoms with E-state index in [2.05, 4.69) is 22.2 Å². The first kappa shape index (κ1) is 18.1. The average molecular weight is 385 g/mol. The predicted octanol–water partition coefficient (Wildman–Crippen LogP) is 2.09. The Morgan fingerprint density at radius 2 is 2.04 bits per heavy atom. The van der Waals surface area contributed by atoms with Crippen LogP contribution in [0.3, 0.4) is 0 Å². The molecule has 2 amide bonds. The molecule has 142 valence electrons. The van der Waals surface area contributed by atoms with E-state index in [4.69, 9.17) is 0 Å². The molecule has 1 saturated heterocycles. The molecule has 1 atom stereocenters. The Labute approximate surface area is 163 Å². The number of likely N-dealkylation sites (tertiary alicyclic amines) is 1. The summed E-state index contributed by atoms with van der Waals surface area (Å²) in [5.74, 6) is -0.455. The van der Waals surface area contributed by atoms with E-state index in [0.717, 1.165) is 37.2 Å². The van der Waals surface area contributed by atoms with Gasteiger partial charge in [-0.3, -0.25) is 14.6 Å². The maximum Gasteiger partial charge on any atom is 0.264 e. The molecule has 1 N–H and O–H groups in total. The van der Waals surface area contributed by atoms with Crippen molar-refractivity contribution < 1.29 is 9.59 Å². The van der Waals surface area contributed by atoms with Crippen LogP contribution in [0.25, 0.3) is 0 Å². The summed E-state index contributed by atoms with van der Waals surface area (Å²) in [6, 6.07) is 7.74. The summed E-state index contributed by atoms with van der Waals surface area (Å²) in [5, 5.41) is 5.10. The lowest BCUT2D eigenvalue weighted by atomic mass is 9.93. The van der Waals surface area contributed by atoms with Crippen LogP contribution in [0.5, 0.6) is 0 Å². The van der Waals surface area contributed by atoms with Crippen LogP contribution in [-0.4, -0.2) is 59.3 Å². The van der Waals surface area contributed by atoms with Gasteiger partial charge in [0.1, 0.15) is 0 Å². The Kier molecular flexibility index (Phi) is 5.22. The van der Waals surface area contributed by atoms with Crippen LogP contribution in [0, 0.1) is 0 Å². The molecule has 0 radical (unpaired) electrons. The maximum absolute atomic E-state index is 13.1. The van der Waals surface area contributed by atoms with Crippen molar-refractivity contribution in [2.24, 2.45) is 0 Å². The Morgan fingerprint density at radius 3 is 2.78 bits per heavy atom. The summed E-state index contributed by atoms with van der Waals surface area (Å²) >= 11 is 1.43. The quantitative estimate of drug-likeness (QED) is 0.880. The summed E-state index contributed by atoms with van der Waals surface area (Å²) < 4.78 is 0. The molecule has 1 fully saturated rings. The lowest BCUT2D eigenvalue weighted by molar-refractivity contribution is -0.124. The molecule has 2 aromatic heterocycles. The van der Waals surface area contributed by atoms with Gasteiger partial charge in [-0.05, 0) is 56.1 Å². The Balaban J connectivity index is 1.53. The van der Waals surface area contributed by atoms with Crippen molar-refractivity contribution in [3.8, 4) is 0 Å². The fourth-order valence-electron chi connectivity index (χ4n) is 3.85. The van der Waals surface area contributed by atoms with Crippen molar-refractivity contribution in [1.29, 1.82) is 0 Å². The number of hydrogen-bond acceptors (Lipinski definition) is 5. The molecule has 0 aliphatic carbocycles. The SMILES string of the molecule is CN1CCC(NC(=O)C2CN(C(=O)c3cccs3)Cc3cccnc32)CC1. The van der Waals surface area contributed by atoms with Crippen molar-refractivity contribution in [3.05, 3.63) is 52.0 Å². The molecule has 6 nitrogen and oxygen atoms in total. The number of carbonyl (C=O) groups excluding carboxylic acids is 2. The smallest absolute Gasteiger partial charge is 0.264 e. The second kappa shape index (κ2) is 7.78. The number of nitrogens with one attached hydrogen (secondary N) is 1. The summed E-state index contributed by atoms with van der Waals surface area (Å²) in [5.41, 5.74) is 1.76. The van der Waals surface area contributed by atoms with Crippen molar-refractivity contribution in [2.75, 3.05) is 26.7 Å². The van der Waals surface area contributed by atoms with Crippen LogP contribution in [0.15, 0.2) is 35.8 Å². The van der Waals surface area contributed by atoms with Crippen LogP contribution in [0.1, 0.15) is 39.7 Å². The van der Waals surface area contributed by atoms with E-state index in [-0.39, 0.29) is 17.9 Å². The molecular weight excluding hydrogens is 360 g/mol. The van der Waals surface area contributed by atoms with Crippen LogP contribution < -0.4 is 5.32 Å². The van der Waals surface area contributed by atoms with Crippen LogP contribution in [-0.2, 0) is 11.3 Å². The number of rotatable bonds is 3. The van der Waals surface area contributed by atoms with Gasteiger partial charge in [0.2, 0.25) is 5.91 Å². The van der Waals surface area contributed by atoms with Crippen LogP contribution >= 0.6 is 11.3 Å². The summed E-state index contributed by atoms with van der Waals surface area (Å²) in [6.07, 6.45) is 3.65. The Hall–Kier alpha value is -2.25. The largest absolute Gasteiger partial charge is 0.353 e. The van der Waals surface area contributed by atoms with E-state index >= 15 is 0 Å². The number of thiophene rings is 1. The lowest BCUT2D eigenvalue weighted by Crippen LogP contribution is -2.48. The zero-order valence-corrected chi connectivity index (χ0v) is 16.2. The average Bonchev–Trinajstić information content (AvgIpc) is 3.23. The highest BCUT2D eigenvalue weighted by atomic mass is 32.1. The highest BCUT2D eigenvalue weighted by Gasteiger charge is 2.35. The molecular formula is C20H24N4O2S. The number of piperidine rings is 1.